The minimum atomic E-state index is -1.03. The lowest BCUT2D eigenvalue weighted by Crippen LogP contribution is -2.34. The van der Waals surface area contributed by atoms with Crippen molar-refractivity contribution in [2.24, 2.45) is 0 Å². The highest BCUT2D eigenvalue weighted by Gasteiger charge is 2.40. The average Bonchev–Trinajstić information content (AvgIpc) is 3.18. The first-order chi connectivity index (χ1) is 14.5. The predicted molar refractivity (Wildman–Crippen MR) is 116 cm³/mol. The van der Waals surface area contributed by atoms with Gasteiger partial charge in [0.05, 0.1) is 19.2 Å². The average molecular weight is 403 g/mol. The molecular formula is C24H25N3O3. The Hall–Kier alpha value is -3.38. The molecule has 2 heterocycles. The molecule has 1 saturated heterocycles. The van der Waals surface area contributed by atoms with Crippen molar-refractivity contribution in [1.29, 1.82) is 0 Å². The Labute approximate surface area is 176 Å². The number of methoxy groups -OCH3 is 1. The second kappa shape index (κ2) is 8.16. The summed E-state index contributed by atoms with van der Waals surface area (Å²) in [5, 5.41) is 14.3. The van der Waals surface area contributed by atoms with Crippen LogP contribution in [-0.2, 0) is 5.60 Å². The number of nitrogens with zero attached hydrogens (tertiary/aromatic N) is 2. The van der Waals surface area contributed by atoms with Gasteiger partial charge in [-0.05, 0) is 55.3 Å². The molecule has 1 aliphatic rings. The number of hydrogen-bond donors (Lipinski definition) is 2. The Bertz CT molecular complexity index is 1030. The molecule has 0 bridgehead atoms. The van der Waals surface area contributed by atoms with Gasteiger partial charge in [-0.1, -0.05) is 29.8 Å². The molecule has 6 nitrogen and oxygen atoms in total. The zero-order chi connectivity index (χ0) is 21.1. The molecule has 0 aliphatic carbocycles. The number of rotatable bonds is 5. The lowest BCUT2D eigenvalue weighted by atomic mass is 9.92. The van der Waals surface area contributed by atoms with Crippen LogP contribution in [0.5, 0.6) is 5.75 Å². The summed E-state index contributed by atoms with van der Waals surface area (Å²) in [5.74, 6) is 1.09. The van der Waals surface area contributed by atoms with Crippen LogP contribution < -0.4 is 10.1 Å². The van der Waals surface area contributed by atoms with E-state index in [0.717, 1.165) is 22.6 Å². The van der Waals surface area contributed by atoms with Crippen molar-refractivity contribution < 1.29 is 14.6 Å². The van der Waals surface area contributed by atoms with Gasteiger partial charge in [-0.2, -0.15) is 0 Å². The van der Waals surface area contributed by atoms with Crippen LogP contribution in [0, 0.1) is 6.92 Å². The van der Waals surface area contributed by atoms with Crippen molar-refractivity contribution >= 4 is 17.4 Å². The van der Waals surface area contributed by atoms with E-state index in [9.17, 15) is 9.90 Å². The van der Waals surface area contributed by atoms with Crippen molar-refractivity contribution in [2.45, 2.75) is 18.9 Å². The van der Waals surface area contributed by atoms with Gasteiger partial charge >= 0.3 is 0 Å². The fraction of sp³-hybridized carbons (Fsp3) is 0.250. The molecule has 2 aromatic carbocycles. The highest BCUT2D eigenvalue weighted by molar-refractivity contribution is 5.99. The Morgan fingerprint density at radius 2 is 1.87 bits per heavy atom. The van der Waals surface area contributed by atoms with E-state index in [0.29, 0.717) is 24.3 Å². The maximum Gasteiger partial charge on any atom is 0.257 e. The van der Waals surface area contributed by atoms with E-state index in [1.165, 1.54) is 0 Å². The van der Waals surface area contributed by atoms with Gasteiger partial charge in [0.2, 0.25) is 0 Å². The molecule has 1 fully saturated rings. The van der Waals surface area contributed by atoms with Crippen molar-refractivity contribution in [2.75, 3.05) is 25.5 Å². The van der Waals surface area contributed by atoms with Crippen LogP contribution in [0.15, 0.2) is 66.9 Å². The zero-order valence-corrected chi connectivity index (χ0v) is 17.1. The molecule has 0 radical (unpaired) electrons. The van der Waals surface area contributed by atoms with E-state index in [1.807, 2.05) is 55.5 Å². The van der Waals surface area contributed by atoms with E-state index in [4.69, 9.17) is 4.74 Å². The number of ether oxygens (including phenoxy) is 1. The molecule has 3 aromatic rings. The Kier molecular flexibility index (Phi) is 5.42. The minimum Gasteiger partial charge on any atom is -0.497 e. The molecule has 30 heavy (non-hydrogen) atoms. The minimum absolute atomic E-state index is 0.151. The standard InChI is InChI=1S/C24H25N3O3/c1-17-5-7-18(8-6-17)24(29)13-15-27(16-24)23(28)21-4-3-14-25-22(21)26-19-9-11-20(30-2)12-10-19/h3-12,14,29H,13,15-16H2,1-2H3,(H,25,26). The summed E-state index contributed by atoms with van der Waals surface area (Å²) < 4.78 is 5.18. The first-order valence-corrected chi connectivity index (χ1v) is 9.93. The molecule has 2 N–H and O–H groups in total. The molecule has 154 valence electrons. The van der Waals surface area contributed by atoms with Gasteiger partial charge < -0.3 is 20.1 Å². The number of β-amino-alcohol motifs (C(OH)–C–C–N with tert-alkyl or cyclic N) is 1. The third-order valence-corrected chi connectivity index (χ3v) is 5.51. The van der Waals surface area contributed by atoms with Gasteiger partial charge in [0.15, 0.2) is 0 Å². The molecular weight excluding hydrogens is 378 g/mol. The van der Waals surface area contributed by atoms with Crippen molar-refractivity contribution in [3.63, 3.8) is 0 Å². The predicted octanol–water partition coefficient (Wildman–Crippen LogP) is 3.88. The van der Waals surface area contributed by atoms with Gasteiger partial charge in [0, 0.05) is 18.4 Å². The van der Waals surface area contributed by atoms with Gasteiger partial charge in [0.1, 0.15) is 17.2 Å². The van der Waals surface area contributed by atoms with E-state index in [1.54, 1.807) is 30.3 Å². The molecule has 4 rings (SSSR count). The highest BCUT2D eigenvalue weighted by Crippen LogP contribution is 2.33. The largest absolute Gasteiger partial charge is 0.497 e. The van der Waals surface area contributed by atoms with Crippen LogP contribution >= 0.6 is 0 Å². The van der Waals surface area contributed by atoms with Crippen LogP contribution in [0.4, 0.5) is 11.5 Å². The maximum absolute atomic E-state index is 13.2. The summed E-state index contributed by atoms with van der Waals surface area (Å²) in [4.78, 5) is 19.3. The van der Waals surface area contributed by atoms with Gasteiger partial charge in [-0.15, -0.1) is 0 Å². The molecule has 1 atom stereocenters. The fourth-order valence-corrected chi connectivity index (χ4v) is 3.73. The Morgan fingerprint density at radius 3 is 2.57 bits per heavy atom. The summed E-state index contributed by atoms with van der Waals surface area (Å²) in [7, 11) is 1.62. The number of aromatic nitrogens is 1. The third-order valence-electron chi connectivity index (χ3n) is 5.51. The van der Waals surface area contributed by atoms with Crippen molar-refractivity contribution in [3.05, 3.63) is 83.6 Å². The molecule has 0 spiro atoms. The second-order valence-electron chi connectivity index (χ2n) is 7.63. The number of carbonyl (C=O) groups excluding carboxylic acids is 1. The number of amides is 1. The van der Waals surface area contributed by atoms with Gasteiger partial charge in [0.25, 0.3) is 5.91 Å². The molecule has 1 amide bonds. The van der Waals surface area contributed by atoms with Crippen LogP contribution in [0.25, 0.3) is 0 Å². The summed E-state index contributed by atoms with van der Waals surface area (Å²) in [6.07, 6.45) is 2.15. The number of carbonyl (C=O) groups is 1. The monoisotopic (exact) mass is 403 g/mol. The number of likely N-dealkylation sites (tertiary alicyclic amines) is 1. The van der Waals surface area contributed by atoms with Crippen molar-refractivity contribution in [1.82, 2.24) is 9.88 Å². The van der Waals surface area contributed by atoms with E-state index >= 15 is 0 Å². The van der Waals surface area contributed by atoms with Crippen LogP contribution in [0.3, 0.4) is 0 Å². The molecule has 1 aliphatic heterocycles. The highest BCUT2D eigenvalue weighted by atomic mass is 16.5. The summed E-state index contributed by atoms with van der Waals surface area (Å²) in [6, 6.07) is 18.8. The van der Waals surface area contributed by atoms with Gasteiger partial charge in [-0.3, -0.25) is 4.79 Å². The number of pyridine rings is 1. The van der Waals surface area contributed by atoms with E-state index in [-0.39, 0.29) is 12.5 Å². The normalized spacial score (nSPS) is 18.3. The molecule has 0 saturated carbocycles. The Balaban J connectivity index is 1.53. The smallest absolute Gasteiger partial charge is 0.257 e. The SMILES string of the molecule is COc1ccc(Nc2ncccc2C(=O)N2CCC(O)(c3ccc(C)cc3)C2)cc1. The maximum atomic E-state index is 13.2. The zero-order valence-electron chi connectivity index (χ0n) is 17.1. The number of aryl methyl sites for hydroxylation is 1. The number of hydrogen-bond acceptors (Lipinski definition) is 5. The topological polar surface area (TPSA) is 74.7 Å². The third kappa shape index (κ3) is 4.00. The summed E-state index contributed by atoms with van der Waals surface area (Å²) >= 11 is 0. The van der Waals surface area contributed by atoms with Crippen LogP contribution in [0.1, 0.15) is 27.9 Å². The van der Waals surface area contributed by atoms with Crippen molar-refractivity contribution in [3.8, 4) is 5.75 Å². The molecule has 1 aromatic heterocycles. The first-order valence-electron chi connectivity index (χ1n) is 9.93. The summed E-state index contributed by atoms with van der Waals surface area (Å²) in [5.41, 5.74) is 2.22. The number of nitrogens with one attached hydrogen (secondary N) is 1. The second-order valence-corrected chi connectivity index (χ2v) is 7.63. The fourth-order valence-electron chi connectivity index (χ4n) is 3.73. The van der Waals surface area contributed by atoms with Crippen LogP contribution in [0.2, 0.25) is 0 Å². The van der Waals surface area contributed by atoms with E-state index in [2.05, 4.69) is 10.3 Å². The number of aliphatic hydroxyl groups is 1. The quantitative estimate of drug-likeness (QED) is 0.676. The lowest BCUT2D eigenvalue weighted by molar-refractivity contribution is 0.0417. The van der Waals surface area contributed by atoms with Crippen LogP contribution in [-0.4, -0.2) is 41.1 Å². The lowest BCUT2D eigenvalue weighted by Gasteiger charge is -2.24. The summed E-state index contributed by atoms with van der Waals surface area (Å²) in [6.45, 7) is 2.75. The number of anilines is 2. The van der Waals surface area contributed by atoms with Gasteiger partial charge in [-0.25, -0.2) is 4.98 Å². The van der Waals surface area contributed by atoms with E-state index < -0.39 is 5.60 Å². The Morgan fingerprint density at radius 1 is 1.13 bits per heavy atom. The first kappa shape index (κ1) is 19.9. The number of benzene rings is 2. The molecule has 1 unspecified atom stereocenters. The molecule has 6 heteroatoms.